The van der Waals surface area contributed by atoms with Crippen LogP contribution in [-0.2, 0) is 19.6 Å². The summed E-state index contributed by atoms with van der Waals surface area (Å²) in [5, 5.41) is 0. The average molecular weight is 269 g/mol. The lowest BCUT2D eigenvalue weighted by Gasteiger charge is -2.28. The summed E-state index contributed by atoms with van der Waals surface area (Å²) in [5.41, 5.74) is 0.640. The third-order valence-electron chi connectivity index (χ3n) is 2.58. The van der Waals surface area contributed by atoms with Crippen LogP contribution in [-0.4, -0.2) is 39.6 Å². The van der Waals surface area contributed by atoms with Crippen LogP contribution in [0.1, 0.15) is 10.4 Å². The van der Waals surface area contributed by atoms with Crippen molar-refractivity contribution in [3.05, 3.63) is 29.8 Å². The van der Waals surface area contributed by atoms with Crippen molar-refractivity contribution in [3.63, 3.8) is 0 Å². The number of ether oxygens (including phenoxy) is 1. The van der Waals surface area contributed by atoms with E-state index in [0.29, 0.717) is 5.69 Å². The SMILES string of the molecule is O=CC(=O)c1ccc(N2COCCS2(=O)=O)cc1. The van der Waals surface area contributed by atoms with Gasteiger partial charge in [0.05, 0.1) is 18.0 Å². The van der Waals surface area contributed by atoms with Crippen LogP contribution in [0.25, 0.3) is 0 Å². The first-order chi connectivity index (χ1) is 8.54. The van der Waals surface area contributed by atoms with E-state index in [1.165, 1.54) is 24.3 Å². The van der Waals surface area contributed by atoms with Crippen molar-refractivity contribution < 1.29 is 22.7 Å². The van der Waals surface area contributed by atoms with Crippen molar-refractivity contribution in [2.24, 2.45) is 0 Å². The molecule has 0 amide bonds. The van der Waals surface area contributed by atoms with E-state index in [0.717, 1.165) is 4.31 Å². The number of carbonyl (C=O) groups excluding carboxylic acids is 2. The third-order valence-corrected chi connectivity index (χ3v) is 4.25. The summed E-state index contributed by atoms with van der Waals surface area (Å²) >= 11 is 0. The van der Waals surface area contributed by atoms with Gasteiger partial charge >= 0.3 is 0 Å². The van der Waals surface area contributed by atoms with Gasteiger partial charge in [-0.25, -0.2) is 12.7 Å². The number of ketones is 1. The molecule has 0 aromatic heterocycles. The van der Waals surface area contributed by atoms with Gasteiger partial charge in [0.15, 0.2) is 6.29 Å². The minimum absolute atomic E-state index is 0.0384. The Kier molecular flexibility index (Phi) is 3.44. The molecule has 2 rings (SSSR count). The second-order valence-electron chi connectivity index (χ2n) is 3.73. The maximum absolute atomic E-state index is 11.8. The fraction of sp³-hybridized carbons (Fsp3) is 0.273. The molecule has 0 bridgehead atoms. The number of hydrogen-bond donors (Lipinski definition) is 0. The molecule has 1 aromatic carbocycles. The fourth-order valence-corrected chi connectivity index (χ4v) is 2.82. The van der Waals surface area contributed by atoms with Crippen molar-refractivity contribution in [2.75, 3.05) is 23.4 Å². The molecule has 0 N–H and O–H groups in total. The Morgan fingerprint density at radius 2 is 1.94 bits per heavy atom. The predicted molar refractivity (Wildman–Crippen MR) is 63.9 cm³/mol. The van der Waals surface area contributed by atoms with Crippen LogP contribution in [0.15, 0.2) is 24.3 Å². The van der Waals surface area contributed by atoms with Crippen LogP contribution in [0.4, 0.5) is 5.69 Å². The molecule has 1 heterocycles. The van der Waals surface area contributed by atoms with E-state index in [2.05, 4.69) is 0 Å². The molecule has 96 valence electrons. The molecule has 1 aliphatic heterocycles. The maximum atomic E-state index is 11.8. The quantitative estimate of drug-likeness (QED) is 0.444. The van der Waals surface area contributed by atoms with E-state index < -0.39 is 15.8 Å². The lowest BCUT2D eigenvalue weighted by molar-refractivity contribution is -0.104. The topological polar surface area (TPSA) is 80.8 Å². The highest BCUT2D eigenvalue weighted by molar-refractivity contribution is 7.92. The van der Waals surface area contributed by atoms with Crippen LogP contribution in [0, 0.1) is 0 Å². The van der Waals surface area contributed by atoms with Gasteiger partial charge in [0, 0.05) is 5.56 Å². The Hall–Kier alpha value is -1.73. The van der Waals surface area contributed by atoms with E-state index >= 15 is 0 Å². The molecule has 1 aromatic rings. The Bertz CT molecular complexity index is 564. The minimum Gasteiger partial charge on any atom is -0.359 e. The molecule has 1 fully saturated rings. The molecule has 0 radical (unpaired) electrons. The van der Waals surface area contributed by atoms with Gasteiger partial charge in [-0.2, -0.15) is 0 Å². The summed E-state index contributed by atoms with van der Waals surface area (Å²) in [4.78, 5) is 21.4. The number of hydrogen-bond acceptors (Lipinski definition) is 5. The molecule has 6 nitrogen and oxygen atoms in total. The van der Waals surface area contributed by atoms with Crippen LogP contribution in [0.3, 0.4) is 0 Å². The van der Waals surface area contributed by atoms with Gasteiger partial charge in [-0.1, -0.05) is 0 Å². The van der Waals surface area contributed by atoms with Crippen molar-refractivity contribution in [1.82, 2.24) is 0 Å². The lowest BCUT2D eigenvalue weighted by atomic mass is 10.1. The van der Waals surface area contributed by atoms with Crippen LogP contribution < -0.4 is 4.31 Å². The molecule has 0 atom stereocenters. The third kappa shape index (κ3) is 2.41. The first-order valence-electron chi connectivity index (χ1n) is 5.22. The minimum atomic E-state index is -3.36. The zero-order valence-electron chi connectivity index (χ0n) is 9.40. The number of sulfonamides is 1. The van der Waals surface area contributed by atoms with Gasteiger partial charge in [0.2, 0.25) is 15.8 Å². The molecule has 0 saturated carbocycles. The maximum Gasteiger partial charge on any atom is 0.239 e. The number of rotatable bonds is 3. The van der Waals surface area contributed by atoms with E-state index in [9.17, 15) is 18.0 Å². The second kappa shape index (κ2) is 4.87. The van der Waals surface area contributed by atoms with Gasteiger partial charge in [-0.3, -0.25) is 9.59 Å². The highest BCUT2D eigenvalue weighted by Crippen LogP contribution is 2.21. The molecule has 18 heavy (non-hydrogen) atoms. The second-order valence-corrected chi connectivity index (χ2v) is 5.74. The number of benzene rings is 1. The Labute approximate surface area is 104 Å². The normalized spacial score (nSPS) is 18.3. The molecule has 1 aliphatic rings. The summed E-state index contributed by atoms with van der Waals surface area (Å²) in [6, 6.07) is 5.78. The number of carbonyl (C=O) groups is 2. The van der Waals surface area contributed by atoms with Gasteiger partial charge in [-0.05, 0) is 24.3 Å². The zero-order chi connectivity index (χ0) is 13.2. The fourth-order valence-electron chi connectivity index (χ4n) is 1.60. The van der Waals surface area contributed by atoms with Gasteiger partial charge < -0.3 is 4.74 Å². The summed E-state index contributed by atoms with van der Waals surface area (Å²) in [5.74, 6) is -0.707. The molecule has 0 aliphatic carbocycles. The van der Waals surface area contributed by atoms with Crippen molar-refractivity contribution in [2.45, 2.75) is 0 Å². The van der Waals surface area contributed by atoms with Crippen LogP contribution >= 0.6 is 0 Å². The zero-order valence-corrected chi connectivity index (χ0v) is 10.2. The van der Waals surface area contributed by atoms with Gasteiger partial charge in [0.25, 0.3) is 0 Å². The van der Waals surface area contributed by atoms with Crippen molar-refractivity contribution in [1.29, 1.82) is 0 Å². The number of nitrogens with zero attached hydrogens (tertiary/aromatic N) is 1. The summed E-state index contributed by atoms with van der Waals surface area (Å²) in [6.45, 7) is 0.143. The first kappa shape index (κ1) is 12.7. The standard InChI is InChI=1S/C11H11NO5S/c13-7-11(14)9-1-3-10(4-2-9)12-8-17-5-6-18(12,15)16/h1-4,7H,5-6,8H2. The lowest BCUT2D eigenvalue weighted by Crippen LogP contribution is -2.41. The Morgan fingerprint density at radius 1 is 1.28 bits per heavy atom. The van der Waals surface area contributed by atoms with Crippen molar-refractivity contribution >= 4 is 27.8 Å². The number of Topliss-reactive ketones (excluding diaryl/α,β-unsaturated/α-hetero) is 1. The smallest absolute Gasteiger partial charge is 0.239 e. The molecule has 7 heteroatoms. The molecular weight excluding hydrogens is 258 g/mol. The highest BCUT2D eigenvalue weighted by Gasteiger charge is 2.26. The molecule has 0 spiro atoms. The predicted octanol–water partition coefficient (Wildman–Crippen LogP) is 0.192. The number of aldehydes is 1. The van der Waals surface area contributed by atoms with Crippen LogP contribution in [0.2, 0.25) is 0 Å². The largest absolute Gasteiger partial charge is 0.359 e. The van der Waals surface area contributed by atoms with E-state index in [-0.39, 0.29) is 30.9 Å². The highest BCUT2D eigenvalue weighted by atomic mass is 32.2. The monoisotopic (exact) mass is 269 g/mol. The molecule has 1 saturated heterocycles. The van der Waals surface area contributed by atoms with Crippen molar-refractivity contribution in [3.8, 4) is 0 Å². The molecule has 0 unspecified atom stereocenters. The first-order valence-corrected chi connectivity index (χ1v) is 6.83. The van der Waals surface area contributed by atoms with Crippen LogP contribution in [0.5, 0.6) is 0 Å². The summed E-state index contributed by atoms with van der Waals surface area (Å²) in [6.07, 6.45) is 0.218. The Balaban J connectivity index is 2.29. The van der Waals surface area contributed by atoms with E-state index in [1.807, 2.05) is 0 Å². The summed E-state index contributed by atoms with van der Waals surface area (Å²) < 4.78 is 29.8. The van der Waals surface area contributed by atoms with Gasteiger partial charge in [0.1, 0.15) is 6.73 Å². The van der Waals surface area contributed by atoms with E-state index in [1.54, 1.807) is 0 Å². The Morgan fingerprint density at radius 3 is 2.50 bits per heavy atom. The summed E-state index contributed by atoms with van der Waals surface area (Å²) in [7, 11) is -3.36. The number of anilines is 1. The average Bonchev–Trinajstić information content (AvgIpc) is 2.37. The molecular formula is C11H11NO5S. The van der Waals surface area contributed by atoms with E-state index in [4.69, 9.17) is 4.74 Å². The van der Waals surface area contributed by atoms with Gasteiger partial charge in [-0.15, -0.1) is 0 Å².